The highest BCUT2D eigenvalue weighted by Crippen LogP contribution is 2.92. The van der Waals surface area contributed by atoms with Crippen molar-refractivity contribution < 1.29 is 14.6 Å². The molecule has 0 heterocycles. The average Bonchev–Trinajstić information content (AvgIpc) is 2.89. The number of hydrogen-bond acceptors (Lipinski definition) is 3. The molecule has 5 saturated carbocycles. The molecule has 0 bridgehead atoms. The third-order valence-electron chi connectivity index (χ3n) is 10.1. The lowest BCUT2D eigenvalue weighted by atomic mass is 9.50. The van der Waals surface area contributed by atoms with Crippen molar-refractivity contribution in [2.45, 2.75) is 80.9 Å². The van der Waals surface area contributed by atoms with Crippen LogP contribution < -0.4 is 0 Å². The Balaban J connectivity index is 1.52. The molecule has 0 aromatic heterocycles. The maximum Gasteiger partial charge on any atom is 0.168 e. The Hall–Kier alpha value is 0.460. The highest BCUT2D eigenvalue weighted by atomic mass is 35.5. The maximum absolute atomic E-state index is 10.6. The predicted molar refractivity (Wildman–Crippen MR) is 102 cm³/mol. The molecule has 5 heteroatoms. The van der Waals surface area contributed by atoms with Crippen LogP contribution >= 0.6 is 23.2 Å². The Kier molecular flexibility index (Phi) is 3.79. The zero-order chi connectivity index (χ0) is 18.6. The molecule has 0 spiro atoms. The van der Waals surface area contributed by atoms with Gasteiger partial charge in [-0.2, -0.15) is 0 Å². The molecular weight excluding hydrogens is 371 g/mol. The molecule has 5 aliphatic rings. The van der Waals surface area contributed by atoms with Gasteiger partial charge in [0.1, 0.15) is 4.33 Å². The van der Waals surface area contributed by atoms with Gasteiger partial charge < -0.3 is 14.6 Å². The molecule has 0 amide bonds. The van der Waals surface area contributed by atoms with Crippen molar-refractivity contribution in [1.29, 1.82) is 0 Å². The van der Waals surface area contributed by atoms with Crippen molar-refractivity contribution in [3.8, 4) is 0 Å². The second-order valence-electron chi connectivity index (χ2n) is 10.2. The van der Waals surface area contributed by atoms with Crippen molar-refractivity contribution in [3.05, 3.63) is 0 Å². The van der Waals surface area contributed by atoms with Crippen LogP contribution in [-0.4, -0.2) is 35.6 Å². The number of ether oxygens (including phenoxy) is 2. The van der Waals surface area contributed by atoms with Gasteiger partial charge in [0.05, 0.1) is 6.10 Å². The number of alkyl halides is 2. The van der Waals surface area contributed by atoms with Crippen molar-refractivity contribution in [1.82, 2.24) is 0 Å². The molecule has 5 fully saturated rings. The normalized spacial score (nSPS) is 56.1. The largest absolute Gasteiger partial charge is 0.393 e. The lowest BCUT2D eigenvalue weighted by molar-refractivity contribution is -0.247. The van der Waals surface area contributed by atoms with Crippen molar-refractivity contribution in [3.63, 3.8) is 0 Å². The van der Waals surface area contributed by atoms with Gasteiger partial charge in [0.2, 0.25) is 0 Å². The molecule has 7 atom stereocenters. The summed E-state index contributed by atoms with van der Waals surface area (Å²) in [6, 6.07) is 0. The van der Waals surface area contributed by atoms with Crippen LogP contribution in [0.3, 0.4) is 0 Å². The van der Waals surface area contributed by atoms with Gasteiger partial charge in [-0.15, -0.1) is 23.2 Å². The highest BCUT2D eigenvalue weighted by Gasteiger charge is 2.91. The molecule has 148 valence electrons. The van der Waals surface area contributed by atoms with E-state index in [1.807, 2.05) is 0 Å². The van der Waals surface area contributed by atoms with Gasteiger partial charge in [-0.1, -0.05) is 6.92 Å². The molecule has 0 radical (unpaired) electrons. The quantitative estimate of drug-likeness (QED) is 0.526. The minimum atomic E-state index is -0.664. The number of aliphatic hydroxyl groups excluding tert-OH is 1. The summed E-state index contributed by atoms with van der Waals surface area (Å²) in [6.45, 7) is 2.33. The summed E-state index contributed by atoms with van der Waals surface area (Å²) in [7, 11) is 3.49. The van der Waals surface area contributed by atoms with E-state index in [1.54, 1.807) is 14.2 Å². The van der Waals surface area contributed by atoms with Gasteiger partial charge in [0, 0.05) is 37.9 Å². The van der Waals surface area contributed by atoms with Crippen LogP contribution in [0.15, 0.2) is 0 Å². The summed E-state index contributed by atoms with van der Waals surface area (Å²) in [4.78, 5) is 0. The number of halogens is 2. The lowest BCUT2D eigenvalue weighted by Gasteiger charge is -2.56. The van der Waals surface area contributed by atoms with Crippen LogP contribution in [0.2, 0.25) is 0 Å². The van der Waals surface area contributed by atoms with Crippen molar-refractivity contribution >= 4 is 23.2 Å². The molecule has 0 aromatic carbocycles. The zero-order valence-corrected chi connectivity index (χ0v) is 17.7. The van der Waals surface area contributed by atoms with Crippen LogP contribution in [0.4, 0.5) is 0 Å². The first kappa shape index (κ1) is 18.5. The van der Waals surface area contributed by atoms with Crippen LogP contribution in [0.25, 0.3) is 0 Å². The summed E-state index contributed by atoms with van der Waals surface area (Å²) >= 11 is 14.3. The SMILES string of the molecule is COC1(OC)CC[C@@]23[C@H]4CC[C@]5(C)[C@@H](O)CC[C@H]5[C@@H]4CC[C@]2(C1)C3(Cl)Cl. The monoisotopic (exact) mass is 402 g/mol. The Morgan fingerprint density at radius 2 is 1.62 bits per heavy atom. The van der Waals surface area contributed by atoms with E-state index in [9.17, 15) is 5.11 Å². The summed E-state index contributed by atoms with van der Waals surface area (Å²) in [6.07, 6.45) is 9.20. The highest BCUT2D eigenvalue weighted by molar-refractivity contribution is 6.52. The fraction of sp³-hybridized carbons (Fsp3) is 1.00. The summed E-state index contributed by atoms with van der Waals surface area (Å²) < 4.78 is 11.0. The van der Waals surface area contributed by atoms with E-state index in [1.165, 1.54) is 12.8 Å². The Morgan fingerprint density at radius 3 is 2.31 bits per heavy atom. The summed E-state index contributed by atoms with van der Waals surface area (Å²) in [5.74, 6) is 1.34. The van der Waals surface area contributed by atoms with Gasteiger partial charge in [-0.05, 0) is 68.1 Å². The molecule has 3 nitrogen and oxygen atoms in total. The Morgan fingerprint density at radius 1 is 0.885 bits per heavy atom. The number of fused-ring (bicyclic) bond motifs is 3. The fourth-order valence-corrected chi connectivity index (χ4v) is 10.1. The minimum Gasteiger partial charge on any atom is -0.393 e. The van der Waals surface area contributed by atoms with Gasteiger partial charge in [0.25, 0.3) is 0 Å². The van der Waals surface area contributed by atoms with E-state index < -0.39 is 10.1 Å². The molecule has 0 aliphatic heterocycles. The smallest absolute Gasteiger partial charge is 0.168 e. The number of methoxy groups -OCH3 is 2. The van der Waals surface area contributed by atoms with Gasteiger partial charge >= 0.3 is 0 Å². The van der Waals surface area contributed by atoms with Gasteiger partial charge in [0.15, 0.2) is 5.79 Å². The average molecular weight is 403 g/mol. The van der Waals surface area contributed by atoms with Crippen LogP contribution in [0, 0.1) is 34.0 Å². The first-order chi connectivity index (χ1) is 12.2. The molecule has 0 aromatic rings. The number of hydrogen-bond donors (Lipinski definition) is 1. The van der Waals surface area contributed by atoms with E-state index in [0.717, 1.165) is 44.9 Å². The van der Waals surface area contributed by atoms with Gasteiger partial charge in [-0.3, -0.25) is 0 Å². The predicted octanol–water partition coefficient (Wildman–Crippen LogP) is 4.92. The second kappa shape index (κ2) is 5.33. The zero-order valence-electron chi connectivity index (χ0n) is 16.2. The minimum absolute atomic E-state index is 0.0153. The maximum atomic E-state index is 10.6. The van der Waals surface area contributed by atoms with Crippen molar-refractivity contribution in [2.75, 3.05) is 14.2 Å². The molecule has 0 saturated heterocycles. The summed E-state index contributed by atoms with van der Waals surface area (Å²) in [5, 5.41) is 10.6. The first-order valence-electron chi connectivity index (χ1n) is 10.4. The van der Waals surface area contributed by atoms with E-state index in [-0.39, 0.29) is 22.3 Å². The Bertz CT molecular complexity index is 620. The van der Waals surface area contributed by atoms with Crippen LogP contribution in [-0.2, 0) is 9.47 Å². The summed E-state index contributed by atoms with van der Waals surface area (Å²) in [5.41, 5.74) is 0.0481. The molecule has 1 N–H and O–H groups in total. The Labute approximate surface area is 167 Å². The topological polar surface area (TPSA) is 38.7 Å². The van der Waals surface area contributed by atoms with Crippen molar-refractivity contribution in [2.24, 2.45) is 34.0 Å². The van der Waals surface area contributed by atoms with E-state index in [4.69, 9.17) is 32.7 Å². The molecule has 0 unspecified atom stereocenters. The van der Waals surface area contributed by atoms with Crippen LogP contribution in [0.1, 0.15) is 64.7 Å². The number of rotatable bonds is 2. The third-order valence-corrected chi connectivity index (χ3v) is 11.5. The van der Waals surface area contributed by atoms with E-state index >= 15 is 0 Å². The van der Waals surface area contributed by atoms with Gasteiger partial charge in [-0.25, -0.2) is 0 Å². The molecule has 26 heavy (non-hydrogen) atoms. The van der Waals surface area contributed by atoms with E-state index in [2.05, 4.69) is 6.92 Å². The third kappa shape index (κ3) is 1.76. The lowest BCUT2D eigenvalue weighted by Crippen LogP contribution is -2.52. The standard InChI is InChI=1S/C21H32Cl2O3/c1-17-8-7-15-13(14(17)4-5-16(17)24)6-9-18-12-19(25-2,26-3)10-11-20(15,18)21(18,22)23/h13-16,24H,4-12H2,1-3H3/t13-,14-,15-,16-,17-,18+,20+/m0/s1. The fourth-order valence-electron chi connectivity index (χ4n) is 8.66. The molecule has 5 aliphatic carbocycles. The second-order valence-corrected chi connectivity index (χ2v) is 11.5. The van der Waals surface area contributed by atoms with E-state index in [0.29, 0.717) is 17.8 Å². The first-order valence-corrected chi connectivity index (χ1v) is 11.2. The molecular formula is C21H32Cl2O3. The number of aliphatic hydroxyl groups is 1. The molecule has 5 rings (SSSR count). The van der Waals surface area contributed by atoms with Crippen LogP contribution in [0.5, 0.6) is 0 Å².